The number of thiazole rings is 1. The molecule has 0 radical (unpaired) electrons. The third-order valence-electron chi connectivity index (χ3n) is 4.02. The molecule has 0 fully saturated rings. The number of hydrogen-bond donors (Lipinski definition) is 2. The highest BCUT2D eigenvalue weighted by atomic mass is 35.5. The Kier molecular flexibility index (Phi) is 9.45. The summed E-state index contributed by atoms with van der Waals surface area (Å²) in [6.07, 6.45) is 3.72. The van der Waals surface area contributed by atoms with Crippen LogP contribution in [0.1, 0.15) is 21.8 Å². The first-order valence-electron chi connectivity index (χ1n) is 8.08. The summed E-state index contributed by atoms with van der Waals surface area (Å²) in [5.74, 6) is -0.0775. The van der Waals surface area contributed by atoms with Crippen LogP contribution in [0.4, 0.5) is 0 Å². The van der Waals surface area contributed by atoms with Crippen molar-refractivity contribution in [1.29, 1.82) is 0 Å². The number of hydrogen-bond acceptors (Lipinski definition) is 5. The summed E-state index contributed by atoms with van der Waals surface area (Å²) in [4.78, 5) is 27.1. The maximum atomic E-state index is 13.0. The van der Waals surface area contributed by atoms with Gasteiger partial charge in [0.05, 0.1) is 30.1 Å². The molecule has 1 aromatic carbocycles. The number of nitrogens with two attached hydrogens (primary N) is 1. The molecule has 2 heterocycles. The van der Waals surface area contributed by atoms with E-state index in [0.717, 1.165) is 21.8 Å². The quantitative estimate of drug-likeness (QED) is 0.605. The Morgan fingerprint density at radius 3 is 2.59 bits per heavy atom. The predicted molar refractivity (Wildman–Crippen MR) is 112 cm³/mol. The fourth-order valence-electron chi connectivity index (χ4n) is 2.62. The molecule has 0 unspecified atom stereocenters. The van der Waals surface area contributed by atoms with E-state index < -0.39 is 6.04 Å². The fourth-order valence-corrected chi connectivity index (χ4v) is 3.41. The maximum Gasteiger partial charge on any atom is 0.240 e. The lowest BCUT2D eigenvalue weighted by Crippen LogP contribution is -2.44. The van der Waals surface area contributed by atoms with Gasteiger partial charge in [-0.25, -0.2) is 9.97 Å². The summed E-state index contributed by atoms with van der Waals surface area (Å²) >= 11 is 1.56. The van der Waals surface area contributed by atoms with E-state index in [-0.39, 0.29) is 30.7 Å². The number of carbonyl (C=O) groups excluding carboxylic acids is 1. The first-order chi connectivity index (χ1) is 12.1. The molecule has 6 nitrogen and oxygen atoms in total. The molecular weight excluding hydrogens is 405 g/mol. The largest absolute Gasteiger partial charge is 0.348 e. The Balaban J connectivity index is 0.00000182. The minimum atomic E-state index is -0.614. The average Bonchev–Trinajstić information content (AvgIpc) is 3.27. The van der Waals surface area contributed by atoms with Crippen LogP contribution in [-0.4, -0.2) is 31.8 Å². The van der Waals surface area contributed by atoms with Crippen molar-refractivity contribution >= 4 is 42.1 Å². The number of aryl methyl sites for hydroxylation is 1. The van der Waals surface area contributed by atoms with Gasteiger partial charge in [-0.1, -0.05) is 30.3 Å². The predicted octanol–water partition coefficient (Wildman–Crippen LogP) is 3.12. The van der Waals surface area contributed by atoms with E-state index in [1.165, 1.54) is 0 Å². The number of aromatic amines is 1. The summed E-state index contributed by atoms with van der Waals surface area (Å²) in [7, 11) is 0. The zero-order valence-corrected chi connectivity index (χ0v) is 17.3. The van der Waals surface area contributed by atoms with Gasteiger partial charge in [0, 0.05) is 29.7 Å². The number of carbonyl (C=O) groups is 1. The van der Waals surface area contributed by atoms with Gasteiger partial charge in [-0.05, 0) is 12.5 Å². The third kappa shape index (κ3) is 6.32. The van der Waals surface area contributed by atoms with Crippen LogP contribution >= 0.6 is 36.2 Å². The normalized spacial score (nSPS) is 11.2. The van der Waals surface area contributed by atoms with Gasteiger partial charge in [0.15, 0.2) is 0 Å². The fraction of sp³-hybridized carbons (Fsp3) is 0.278. The minimum absolute atomic E-state index is 0. The van der Waals surface area contributed by atoms with Crippen LogP contribution in [0.25, 0.3) is 0 Å². The van der Waals surface area contributed by atoms with Crippen LogP contribution in [0, 0.1) is 6.92 Å². The lowest BCUT2D eigenvalue weighted by molar-refractivity contribution is -0.133. The molecule has 146 valence electrons. The van der Waals surface area contributed by atoms with Crippen LogP contribution in [0.5, 0.6) is 0 Å². The van der Waals surface area contributed by atoms with Gasteiger partial charge in [0.1, 0.15) is 0 Å². The SMILES string of the molecule is Cc1ncsc1CN(Cc1ccccc1)C(=O)[C@@H](N)Cc1cnc[nH]1.Cl.Cl. The molecule has 1 atom stereocenters. The number of benzene rings is 1. The van der Waals surface area contributed by atoms with E-state index >= 15 is 0 Å². The van der Waals surface area contributed by atoms with Gasteiger partial charge in [-0.2, -0.15) is 0 Å². The topological polar surface area (TPSA) is 87.9 Å². The van der Waals surface area contributed by atoms with Crippen molar-refractivity contribution in [3.63, 3.8) is 0 Å². The van der Waals surface area contributed by atoms with Crippen molar-refractivity contribution in [2.75, 3.05) is 0 Å². The average molecular weight is 428 g/mol. The van der Waals surface area contributed by atoms with Crippen molar-refractivity contribution in [3.05, 3.63) is 70.2 Å². The van der Waals surface area contributed by atoms with Crippen molar-refractivity contribution in [3.8, 4) is 0 Å². The standard InChI is InChI=1S/C18H21N5OS.2ClH/c1-13-17(25-12-22-13)10-23(9-14-5-3-2-4-6-14)18(24)16(19)7-15-8-20-11-21-15;;/h2-6,8,11-12,16H,7,9-10,19H2,1H3,(H,20,21);2*1H/t16-;;/m0../s1. The zero-order valence-electron chi connectivity index (χ0n) is 14.9. The van der Waals surface area contributed by atoms with Gasteiger partial charge in [0.25, 0.3) is 0 Å². The molecule has 27 heavy (non-hydrogen) atoms. The molecule has 0 spiro atoms. The number of nitrogens with zero attached hydrogens (tertiary/aromatic N) is 3. The molecule has 0 bridgehead atoms. The van der Waals surface area contributed by atoms with E-state index in [1.807, 2.05) is 37.3 Å². The molecule has 1 amide bonds. The lowest BCUT2D eigenvalue weighted by atomic mass is 10.1. The number of rotatable bonds is 7. The highest BCUT2D eigenvalue weighted by molar-refractivity contribution is 7.09. The molecule has 3 aromatic rings. The number of aromatic nitrogens is 3. The summed E-state index contributed by atoms with van der Waals surface area (Å²) in [6, 6.07) is 9.33. The van der Waals surface area contributed by atoms with Crippen molar-refractivity contribution in [2.24, 2.45) is 5.73 Å². The van der Waals surface area contributed by atoms with Gasteiger partial charge in [-0.3, -0.25) is 4.79 Å². The first-order valence-corrected chi connectivity index (χ1v) is 8.96. The highest BCUT2D eigenvalue weighted by Gasteiger charge is 2.23. The first kappa shape index (κ1) is 23.1. The van der Waals surface area contributed by atoms with E-state index in [4.69, 9.17) is 5.73 Å². The van der Waals surface area contributed by atoms with Crippen LogP contribution in [0.3, 0.4) is 0 Å². The summed E-state index contributed by atoms with van der Waals surface area (Å²) < 4.78 is 0. The molecule has 0 aliphatic carbocycles. The summed E-state index contributed by atoms with van der Waals surface area (Å²) in [5, 5.41) is 0. The Bertz CT molecular complexity index is 810. The van der Waals surface area contributed by atoms with Crippen molar-refractivity contribution in [2.45, 2.75) is 32.5 Å². The summed E-state index contributed by atoms with van der Waals surface area (Å²) in [6.45, 7) is 3.00. The zero-order chi connectivity index (χ0) is 17.6. The Morgan fingerprint density at radius 1 is 1.26 bits per heavy atom. The second-order valence-electron chi connectivity index (χ2n) is 5.93. The number of amides is 1. The number of H-pyrrole nitrogens is 1. The monoisotopic (exact) mass is 427 g/mol. The molecular formula is C18H23Cl2N5OS. The van der Waals surface area contributed by atoms with Crippen LogP contribution in [0.15, 0.2) is 48.4 Å². The Morgan fingerprint density at radius 2 is 2.00 bits per heavy atom. The Hall–Kier alpha value is -1.93. The molecule has 0 saturated heterocycles. The molecule has 9 heteroatoms. The highest BCUT2D eigenvalue weighted by Crippen LogP contribution is 2.18. The molecule has 0 aliphatic heterocycles. The van der Waals surface area contributed by atoms with Gasteiger partial charge in [0.2, 0.25) is 5.91 Å². The smallest absolute Gasteiger partial charge is 0.240 e. The second-order valence-corrected chi connectivity index (χ2v) is 6.87. The Labute approximate surface area is 175 Å². The van der Waals surface area contributed by atoms with Gasteiger partial charge in [-0.15, -0.1) is 36.2 Å². The molecule has 0 aliphatic rings. The van der Waals surface area contributed by atoms with E-state index in [9.17, 15) is 4.79 Å². The van der Waals surface area contributed by atoms with Crippen molar-refractivity contribution in [1.82, 2.24) is 19.9 Å². The molecule has 3 rings (SSSR count). The van der Waals surface area contributed by atoms with Crippen LogP contribution < -0.4 is 5.73 Å². The second kappa shape index (κ2) is 11.0. The van der Waals surface area contributed by atoms with E-state index in [1.54, 1.807) is 34.3 Å². The number of imidazole rings is 1. The van der Waals surface area contributed by atoms with Gasteiger partial charge < -0.3 is 15.6 Å². The maximum absolute atomic E-state index is 13.0. The van der Waals surface area contributed by atoms with E-state index in [0.29, 0.717) is 19.5 Å². The van der Waals surface area contributed by atoms with Crippen LogP contribution in [-0.2, 0) is 24.3 Å². The number of halogens is 2. The molecule has 2 aromatic heterocycles. The molecule has 0 saturated carbocycles. The van der Waals surface area contributed by atoms with Gasteiger partial charge >= 0.3 is 0 Å². The van der Waals surface area contributed by atoms with Crippen LogP contribution in [0.2, 0.25) is 0 Å². The molecule has 3 N–H and O–H groups in total. The third-order valence-corrected chi connectivity index (χ3v) is 4.94. The van der Waals surface area contributed by atoms with Crippen molar-refractivity contribution < 1.29 is 4.79 Å². The van der Waals surface area contributed by atoms with E-state index in [2.05, 4.69) is 15.0 Å². The lowest BCUT2D eigenvalue weighted by Gasteiger charge is -2.25. The number of nitrogens with one attached hydrogen (secondary N) is 1. The summed E-state index contributed by atoms with van der Waals surface area (Å²) in [5.41, 5.74) is 10.9. The minimum Gasteiger partial charge on any atom is -0.348 e.